The number of ether oxygens (including phenoxy) is 1. The normalized spacial score (nSPS) is 20.7. The molecule has 0 aromatic heterocycles. The maximum Gasteiger partial charge on any atom is 0.244 e. The maximum absolute atomic E-state index is 13.4. The zero-order valence-corrected chi connectivity index (χ0v) is 17.6. The molecule has 3 rings (SSSR count). The zero-order chi connectivity index (χ0) is 19.1. The highest BCUT2D eigenvalue weighted by atomic mass is 35.5. The van der Waals surface area contributed by atoms with E-state index in [0.29, 0.717) is 24.8 Å². The van der Waals surface area contributed by atoms with Gasteiger partial charge in [0.2, 0.25) is 10.0 Å². The molecule has 0 aliphatic carbocycles. The molecular weight excluding hydrogens is 384 g/mol. The minimum atomic E-state index is -3.61. The Morgan fingerprint density at radius 3 is 2.41 bits per heavy atom. The molecule has 0 radical (unpaired) electrons. The van der Waals surface area contributed by atoms with E-state index in [1.54, 1.807) is 28.6 Å². The summed E-state index contributed by atoms with van der Waals surface area (Å²) in [6.07, 6.45) is 7.46. The van der Waals surface area contributed by atoms with Gasteiger partial charge in [-0.15, -0.1) is 0 Å². The SMILES string of the molecule is O=S(=O)(c1ccccc1Cl)N(CCCN1CCCCCC1)C1CCOCC1. The molecule has 0 N–H and O–H groups in total. The average Bonchev–Trinajstić information content (AvgIpc) is 2.95. The fraction of sp³-hybridized carbons (Fsp3) is 0.700. The van der Waals surface area contributed by atoms with Gasteiger partial charge in [0.05, 0.1) is 5.02 Å². The summed E-state index contributed by atoms with van der Waals surface area (Å²) in [6.45, 7) is 4.99. The van der Waals surface area contributed by atoms with E-state index in [1.165, 1.54) is 25.7 Å². The predicted molar refractivity (Wildman–Crippen MR) is 109 cm³/mol. The van der Waals surface area contributed by atoms with Crippen molar-refractivity contribution in [3.05, 3.63) is 29.3 Å². The summed E-state index contributed by atoms with van der Waals surface area (Å²) in [5.41, 5.74) is 0. The third-order valence-corrected chi connectivity index (χ3v) is 8.02. The first-order valence-electron chi connectivity index (χ1n) is 10.2. The fourth-order valence-electron chi connectivity index (χ4n) is 4.06. The summed E-state index contributed by atoms with van der Waals surface area (Å²) >= 11 is 6.23. The maximum atomic E-state index is 13.4. The lowest BCUT2D eigenvalue weighted by molar-refractivity contribution is 0.0576. The number of halogens is 1. The number of benzene rings is 1. The molecule has 27 heavy (non-hydrogen) atoms. The van der Waals surface area contributed by atoms with Crippen LogP contribution in [-0.2, 0) is 14.8 Å². The Bertz CT molecular complexity index is 684. The molecule has 2 fully saturated rings. The smallest absolute Gasteiger partial charge is 0.244 e. The highest BCUT2D eigenvalue weighted by Gasteiger charge is 2.33. The number of hydrogen-bond donors (Lipinski definition) is 0. The van der Waals surface area contributed by atoms with Gasteiger partial charge in [-0.2, -0.15) is 4.31 Å². The zero-order valence-electron chi connectivity index (χ0n) is 16.0. The van der Waals surface area contributed by atoms with Crippen molar-refractivity contribution in [2.45, 2.75) is 55.9 Å². The van der Waals surface area contributed by atoms with Gasteiger partial charge >= 0.3 is 0 Å². The molecule has 5 nitrogen and oxygen atoms in total. The Labute approximate surface area is 168 Å². The third-order valence-electron chi connectivity index (χ3n) is 5.57. The standard InChI is InChI=1S/C20H31ClN2O3S/c21-19-8-3-4-9-20(19)27(24,25)23(18-10-16-26-17-11-18)15-7-14-22-12-5-1-2-6-13-22/h3-4,8-9,18H,1-2,5-7,10-17H2. The van der Waals surface area contributed by atoms with Crippen LogP contribution in [0.15, 0.2) is 29.2 Å². The van der Waals surface area contributed by atoms with Gasteiger partial charge in [-0.1, -0.05) is 36.6 Å². The summed E-state index contributed by atoms with van der Waals surface area (Å²) < 4.78 is 33.9. The van der Waals surface area contributed by atoms with Crippen LogP contribution in [0.1, 0.15) is 44.9 Å². The number of likely N-dealkylation sites (tertiary alicyclic amines) is 1. The molecule has 0 bridgehead atoms. The highest BCUT2D eigenvalue weighted by molar-refractivity contribution is 7.89. The van der Waals surface area contributed by atoms with Crippen molar-refractivity contribution in [3.63, 3.8) is 0 Å². The second-order valence-electron chi connectivity index (χ2n) is 7.50. The summed E-state index contributed by atoms with van der Waals surface area (Å²) in [6, 6.07) is 6.74. The Morgan fingerprint density at radius 2 is 1.74 bits per heavy atom. The van der Waals surface area contributed by atoms with Crippen molar-refractivity contribution in [1.82, 2.24) is 9.21 Å². The summed E-state index contributed by atoms with van der Waals surface area (Å²) in [5.74, 6) is 0. The molecule has 0 amide bonds. The van der Waals surface area contributed by atoms with Crippen molar-refractivity contribution in [2.75, 3.05) is 39.4 Å². The van der Waals surface area contributed by atoms with Crippen molar-refractivity contribution < 1.29 is 13.2 Å². The Balaban J connectivity index is 1.71. The molecule has 2 heterocycles. The van der Waals surface area contributed by atoms with Crippen LogP contribution < -0.4 is 0 Å². The van der Waals surface area contributed by atoms with Gasteiger partial charge in [0.25, 0.3) is 0 Å². The first kappa shape index (κ1) is 21.1. The van der Waals surface area contributed by atoms with Crippen molar-refractivity contribution in [1.29, 1.82) is 0 Å². The van der Waals surface area contributed by atoms with Crippen LogP contribution in [-0.4, -0.2) is 63.1 Å². The number of hydrogen-bond acceptors (Lipinski definition) is 4. The molecule has 0 spiro atoms. The lowest BCUT2D eigenvalue weighted by atomic mass is 10.1. The van der Waals surface area contributed by atoms with E-state index < -0.39 is 10.0 Å². The highest BCUT2D eigenvalue weighted by Crippen LogP contribution is 2.28. The second-order valence-corrected chi connectivity index (χ2v) is 9.77. The molecular formula is C20H31ClN2O3S. The molecule has 2 saturated heterocycles. The van der Waals surface area contributed by atoms with Crippen LogP contribution in [0.4, 0.5) is 0 Å². The van der Waals surface area contributed by atoms with Crippen LogP contribution in [0.25, 0.3) is 0 Å². The largest absolute Gasteiger partial charge is 0.381 e. The summed E-state index contributed by atoms with van der Waals surface area (Å²) in [4.78, 5) is 2.70. The summed E-state index contributed by atoms with van der Waals surface area (Å²) in [5, 5.41) is 0.294. The summed E-state index contributed by atoms with van der Waals surface area (Å²) in [7, 11) is -3.61. The lowest BCUT2D eigenvalue weighted by Crippen LogP contribution is -2.44. The van der Waals surface area contributed by atoms with Gasteiger partial charge in [-0.3, -0.25) is 0 Å². The lowest BCUT2D eigenvalue weighted by Gasteiger charge is -2.34. The van der Waals surface area contributed by atoms with Crippen LogP contribution in [0.5, 0.6) is 0 Å². The van der Waals surface area contributed by atoms with Crippen LogP contribution in [0.3, 0.4) is 0 Å². The van der Waals surface area contributed by atoms with Gasteiger partial charge in [-0.25, -0.2) is 8.42 Å². The molecule has 0 atom stereocenters. The first-order chi connectivity index (χ1) is 13.1. The molecule has 2 aliphatic rings. The molecule has 2 aliphatic heterocycles. The third kappa shape index (κ3) is 5.67. The van der Waals surface area contributed by atoms with Gasteiger partial charge in [0.15, 0.2) is 0 Å². The van der Waals surface area contributed by atoms with Gasteiger partial charge in [0, 0.05) is 25.8 Å². The molecule has 1 aromatic carbocycles. The van der Waals surface area contributed by atoms with Crippen LogP contribution in [0.2, 0.25) is 5.02 Å². The number of rotatable bonds is 7. The van der Waals surface area contributed by atoms with E-state index in [9.17, 15) is 8.42 Å². The van der Waals surface area contributed by atoms with E-state index in [2.05, 4.69) is 4.90 Å². The Morgan fingerprint density at radius 1 is 1.07 bits per heavy atom. The average molecular weight is 415 g/mol. The predicted octanol–water partition coefficient (Wildman–Crippen LogP) is 3.78. The van der Waals surface area contributed by atoms with Crippen molar-refractivity contribution >= 4 is 21.6 Å². The molecule has 7 heteroatoms. The Kier molecular flexibility index (Phi) is 7.97. The van der Waals surface area contributed by atoms with Gasteiger partial charge in [0.1, 0.15) is 4.90 Å². The van der Waals surface area contributed by atoms with E-state index in [4.69, 9.17) is 16.3 Å². The number of nitrogens with zero attached hydrogens (tertiary/aromatic N) is 2. The van der Waals surface area contributed by atoms with E-state index in [0.717, 1.165) is 38.9 Å². The second kappa shape index (κ2) is 10.2. The molecule has 1 aromatic rings. The van der Waals surface area contributed by atoms with Crippen LogP contribution in [0, 0.1) is 0 Å². The van der Waals surface area contributed by atoms with Gasteiger partial charge in [-0.05, 0) is 63.9 Å². The minimum absolute atomic E-state index is 0.0100. The monoisotopic (exact) mass is 414 g/mol. The van der Waals surface area contributed by atoms with E-state index in [-0.39, 0.29) is 10.9 Å². The molecule has 152 valence electrons. The quantitative estimate of drug-likeness (QED) is 0.681. The molecule has 0 saturated carbocycles. The molecule has 0 unspecified atom stereocenters. The van der Waals surface area contributed by atoms with Crippen LogP contribution >= 0.6 is 11.6 Å². The van der Waals surface area contributed by atoms with E-state index >= 15 is 0 Å². The van der Waals surface area contributed by atoms with E-state index in [1.807, 2.05) is 0 Å². The number of sulfonamides is 1. The Hall–Kier alpha value is -0.660. The topological polar surface area (TPSA) is 49.9 Å². The van der Waals surface area contributed by atoms with Gasteiger partial charge < -0.3 is 9.64 Å². The fourth-order valence-corrected chi connectivity index (χ4v) is 6.28. The first-order valence-corrected chi connectivity index (χ1v) is 12.0. The minimum Gasteiger partial charge on any atom is -0.381 e. The van der Waals surface area contributed by atoms with Crippen molar-refractivity contribution in [3.8, 4) is 0 Å². The van der Waals surface area contributed by atoms with Crippen molar-refractivity contribution in [2.24, 2.45) is 0 Å².